The molecule has 3 atom stereocenters. The topological polar surface area (TPSA) is 47.9 Å². The number of aliphatic hydroxyl groups is 1. The van der Waals surface area contributed by atoms with Gasteiger partial charge in [0.1, 0.15) is 11.5 Å². The summed E-state index contributed by atoms with van der Waals surface area (Å²) in [4.78, 5) is 0. The van der Waals surface area contributed by atoms with Gasteiger partial charge in [-0.05, 0) is 56.7 Å². The minimum atomic E-state index is -0.405. The summed E-state index contributed by atoms with van der Waals surface area (Å²) >= 11 is 0. The van der Waals surface area contributed by atoms with Crippen molar-refractivity contribution in [2.24, 2.45) is 0 Å². The molecule has 1 heterocycles. The van der Waals surface area contributed by atoms with Crippen LogP contribution in [0, 0.1) is 0 Å². The first-order valence-corrected chi connectivity index (χ1v) is 7.66. The van der Waals surface area contributed by atoms with Crippen LogP contribution in [0.5, 0.6) is 11.5 Å². The van der Waals surface area contributed by atoms with Gasteiger partial charge in [-0.25, -0.2) is 0 Å². The Balaban J connectivity index is 1.93. The number of hydrogen-bond acceptors (Lipinski definition) is 4. The predicted molar refractivity (Wildman–Crippen MR) is 82.1 cm³/mol. The molecule has 0 aliphatic carbocycles. The van der Waals surface area contributed by atoms with Crippen LogP contribution in [0.25, 0.3) is 0 Å². The molecule has 0 aromatic heterocycles. The molecule has 0 amide bonds. The summed E-state index contributed by atoms with van der Waals surface area (Å²) in [5.74, 6) is 1.50. The molecular weight excluding hydrogens is 268 g/mol. The molecule has 4 nitrogen and oxygen atoms in total. The summed E-state index contributed by atoms with van der Waals surface area (Å²) in [5.41, 5.74) is 1.02. The van der Waals surface area contributed by atoms with Crippen LogP contribution >= 0.6 is 0 Å². The highest BCUT2D eigenvalue weighted by Gasteiger charge is 2.22. The van der Waals surface area contributed by atoms with Crippen molar-refractivity contribution in [2.75, 3.05) is 14.2 Å². The number of aliphatic hydroxyl groups excluding tert-OH is 1. The molecule has 1 fully saturated rings. The lowest BCUT2D eigenvalue weighted by atomic mass is 9.97. The summed E-state index contributed by atoms with van der Waals surface area (Å²) in [6.45, 7) is 2.10. The molecule has 1 aliphatic heterocycles. The van der Waals surface area contributed by atoms with Gasteiger partial charge in [0.25, 0.3) is 0 Å². The Morgan fingerprint density at radius 3 is 2.43 bits per heavy atom. The third kappa shape index (κ3) is 4.90. The molecule has 21 heavy (non-hydrogen) atoms. The second-order valence-electron chi connectivity index (χ2n) is 5.81. The molecule has 0 bridgehead atoms. The van der Waals surface area contributed by atoms with E-state index in [4.69, 9.17) is 14.2 Å². The minimum absolute atomic E-state index is 0.177. The minimum Gasteiger partial charge on any atom is -0.497 e. The molecule has 118 valence electrons. The van der Waals surface area contributed by atoms with E-state index in [-0.39, 0.29) is 6.10 Å². The van der Waals surface area contributed by atoms with Crippen molar-refractivity contribution < 1.29 is 19.3 Å². The van der Waals surface area contributed by atoms with Gasteiger partial charge in [-0.2, -0.15) is 0 Å². The quantitative estimate of drug-likeness (QED) is 0.876. The molecule has 1 aromatic carbocycles. The van der Waals surface area contributed by atoms with Crippen molar-refractivity contribution in [1.29, 1.82) is 0 Å². The fraction of sp³-hybridized carbons (Fsp3) is 0.647. The zero-order valence-electron chi connectivity index (χ0n) is 13.2. The molecule has 0 unspecified atom stereocenters. The SMILES string of the molecule is COc1cc(C[C@@H](O)C[C@H]2CCC[C@H](C)O2)cc(OC)c1. The summed E-state index contributed by atoms with van der Waals surface area (Å²) in [7, 11) is 3.26. The normalized spacial score (nSPS) is 23.6. The van der Waals surface area contributed by atoms with Gasteiger partial charge in [-0.1, -0.05) is 0 Å². The number of benzene rings is 1. The Bertz CT molecular complexity index is 424. The molecule has 1 saturated heterocycles. The Hall–Kier alpha value is -1.26. The number of ether oxygens (including phenoxy) is 3. The Morgan fingerprint density at radius 2 is 1.86 bits per heavy atom. The fourth-order valence-electron chi connectivity index (χ4n) is 2.91. The Kier molecular flexibility index (Phi) is 5.88. The third-order valence-electron chi connectivity index (χ3n) is 3.98. The lowest BCUT2D eigenvalue weighted by Gasteiger charge is -2.29. The van der Waals surface area contributed by atoms with E-state index in [0.717, 1.165) is 29.9 Å². The predicted octanol–water partition coefficient (Wildman–Crippen LogP) is 2.95. The van der Waals surface area contributed by atoms with Crippen LogP contribution in [0.3, 0.4) is 0 Å². The van der Waals surface area contributed by atoms with Gasteiger partial charge in [0.2, 0.25) is 0 Å². The van der Waals surface area contributed by atoms with Gasteiger partial charge in [-0.3, -0.25) is 0 Å². The van der Waals surface area contributed by atoms with E-state index in [1.165, 1.54) is 6.42 Å². The molecular formula is C17H26O4. The summed E-state index contributed by atoms with van der Waals surface area (Å²) < 4.78 is 16.4. The highest BCUT2D eigenvalue weighted by molar-refractivity contribution is 5.38. The van der Waals surface area contributed by atoms with E-state index in [1.54, 1.807) is 14.2 Å². The highest BCUT2D eigenvalue weighted by atomic mass is 16.5. The molecule has 1 N–H and O–H groups in total. The first kappa shape index (κ1) is 16.1. The average molecular weight is 294 g/mol. The fourth-order valence-corrected chi connectivity index (χ4v) is 2.91. The van der Waals surface area contributed by atoms with Crippen LogP contribution in [-0.2, 0) is 11.2 Å². The van der Waals surface area contributed by atoms with E-state index >= 15 is 0 Å². The van der Waals surface area contributed by atoms with Crippen molar-refractivity contribution in [3.05, 3.63) is 23.8 Å². The zero-order valence-corrected chi connectivity index (χ0v) is 13.2. The highest BCUT2D eigenvalue weighted by Crippen LogP contribution is 2.26. The van der Waals surface area contributed by atoms with E-state index in [9.17, 15) is 5.11 Å². The third-order valence-corrected chi connectivity index (χ3v) is 3.98. The van der Waals surface area contributed by atoms with E-state index < -0.39 is 6.10 Å². The first-order valence-electron chi connectivity index (χ1n) is 7.66. The standard InChI is InChI=1S/C17H26O4/c1-12-5-4-6-15(21-12)10-14(18)7-13-8-16(19-2)11-17(9-13)20-3/h8-9,11-12,14-15,18H,4-7,10H2,1-3H3/t12-,14+,15+/m0/s1. The smallest absolute Gasteiger partial charge is 0.122 e. The van der Waals surface area contributed by atoms with Gasteiger partial charge in [0, 0.05) is 6.07 Å². The van der Waals surface area contributed by atoms with Crippen LogP contribution in [0.15, 0.2) is 18.2 Å². The van der Waals surface area contributed by atoms with Crippen LogP contribution in [0.1, 0.15) is 38.2 Å². The lowest BCUT2D eigenvalue weighted by molar-refractivity contribution is -0.0598. The maximum atomic E-state index is 10.3. The monoisotopic (exact) mass is 294 g/mol. The van der Waals surface area contributed by atoms with Gasteiger partial charge in [0.15, 0.2) is 0 Å². The van der Waals surface area contributed by atoms with Crippen molar-refractivity contribution in [2.45, 2.75) is 57.3 Å². The van der Waals surface area contributed by atoms with Crippen molar-refractivity contribution in [1.82, 2.24) is 0 Å². The molecule has 0 radical (unpaired) electrons. The summed E-state index contributed by atoms with van der Waals surface area (Å²) in [5, 5.41) is 10.3. The van der Waals surface area contributed by atoms with E-state index in [1.807, 2.05) is 18.2 Å². The van der Waals surface area contributed by atoms with Gasteiger partial charge >= 0.3 is 0 Å². The molecule has 4 heteroatoms. The lowest BCUT2D eigenvalue weighted by Crippen LogP contribution is -2.29. The van der Waals surface area contributed by atoms with Crippen LogP contribution in [-0.4, -0.2) is 37.6 Å². The first-order chi connectivity index (χ1) is 10.1. The van der Waals surface area contributed by atoms with Crippen molar-refractivity contribution in [3.8, 4) is 11.5 Å². The summed E-state index contributed by atoms with van der Waals surface area (Å²) in [6, 6.07) is 5.72. The Labute approximate surface area is 127 Å². The second kappa shape index (κ2) is 7.66. The van der Waals surface area contributed by atoms with Crippen LogP contribution in [0.2, 0.25) is 0 Å². The number of hydrogen-bond donors (Lipinski definition) is 1. The van der Waals surface area contributed by atoms with Crippen molar-refractivity contribution in [3.63, 3.8) is 0 Å². The zero-order chi connectivity index (χ0) is 15.2. The molecule has 2 rings (SSSR count). The van der Waals surface area contributed by atoms with Crippen molar-refractivity contribution >= 4 is 0 Å². The molecule has 0 saturated carbocycles. The Morgan fingerprint density at radius 1 is 1.19 bits per heavy atom. The average Bonchev–Trinajstić information content (AvgIpc) is 2.46. The van der Waals surface area contributed by atoms with Crippen LogP contribution in [0.4, 0.5) is 0 Å². The molecule has 1 aliphatic rings. The van der Waals surface area contributed by atoms with Crippen LogP contribution < -0.4 is 9.47 Å². The second-order valence-corrected chi connectivity index (χ2v) is 5.81. The van der Waals surface area contributed by atoms with E-state index in [0.29, 0.717) is 18.9 Å². The van der Waals surface area contributed by atoms with E-state index in [2.05, 4.69) is 6.92 Å². The van der Waals surface area contributed by atoms with Gasteiger partial charge < -0.3 is 19.3 Å². The number of rotatable bonds is 6. The maximum Gasteiger partial charge on any atom is 0.122 e. The molecule has 0 spiro atoms. The maximum absolute atomic E-state index is 10.3. The largest absolute Gasteiger partial charge is 0.497 e. The molecule has 1 aromatic rings. The van der Waals surface area contributed by atoms with Gasteiger partial charge in [-0.15, -0.1) is 0 Å². The van der Waals surface area contributed by atoms with Gasteiger partial charge in [0.05, 0.1) is 32.5 Å². The number of methoxy groups -OCH3 is 2. The summed E-state index contributed by atoms with van der Waals surface area (Å²) in [6.07, 6.45) is 4.71.